The SMILES string of the molecule is Cc1c(NC(=O)COC(=O)[C@@H]2CC(=O)N(c3ccc(Br)cc3)C2)ccc(Br)c1Cl. The van der Waals surface area contributed by atoms with Crippen LogP contribution in [0.25, 0.3) is 0 Å². The van der Waals surface area contributed by atoms with Gasteiger partial charge in [0.15, 0.2) is 6.61 Å². The van der Waals surface area contributed by atoms with Gasteiger partial charge < -0.3 is 15.0 Å². The van der Waals surface area contributed by atoms with E-state index >= 15 is 0 Å². The number of halogens is 3. The molecule has 2 aromatic rings. The van der Waals surface area contributed by atoms with Crippen LogP contribution in [0.15, 0.2) is 45.3 Å². The molecule has 0 saturated carbocycles. The summed E-state index contributed by atoms with van der Waals surface area (Å²) < 4.78 is 6.75. The van der Waals surface area contributed by atoms with E-state index in [0.717, 1.165) is 8.95 Å². The van der Waals surface area contributed by atoms with E-state index in [1.165, 1.54) is 0 Å². The summed E-state index contributed by atoms with van der Waals surface area (Å²) in [4.78, 5) is 38.3. The van der Waals surface area contributed by atoms with Gasteiger partial charge in [-0.1, -0.05) is 27.5 Å². The molecule has 6 nitrogen and oxygen atoms in total. The summed E-state index contributed by atoms with van der Waals surface area (Å²) in [5.74, 6) is -1.81. The summed E-state index contributed by atoms with van der Waals surface area (Å²) in [6.07, 6.45) is 0.0535. The first-order valence-corrected chi connectivity index (χ1v) is 10.7. The van der Waals surface area contributed by atoms with Gasteiger partial charge in [-0.25, -0.2) is 0 Å². The second kappa shape index (κ2) is 9.28. The molecule has 0 unspecified atom stereocenters. The van der Waals surface area contributed by atoms with E-state index in [9.17, 15) is 14.4 Å². The molecular weight excluding hydrogens is 527 g/mol. The van der Waals surface area contributed by atoms with E-state index in [1.807, 2.05) is 12.1 Å². The minimum Gasteiger partial charge on any atom is -0.455 e. The lowest BCUT2D eigenvalue weighted by molar-refractivity contribution is -0.151. The van der Waals surface area contributed by atoms with Crippen LogP contribution in [0.4, 0.5) is 11.4 Å². The number of nitrogens with zero attached hydrogens (tertiary/aromatic N) is 1. The second-order valence-corrected chi connectivity index (χ2v) is 8.72. The minimum atomic E-state index is -0.609. The van der Waals surface area contributed by atoms with Gasteiger partial charge in [0.25, 0.3) is 5.91 Å². The molecule has 1 aliphatic rings. The molecule has 1 saturated heterocycles. The number of benzene rings is 2. The molecule has 1 aliphatic heterocycles. The van der Waals surface area contributed by atoms with Gasteiger partial charge in [0.1, 0.15) is 0 Å². The maximum atomic E-state index is 12.3. The molecule has 0 aliphatic carbocycles. The molecule has 3 rings (SSSR count). The van der Waals surface area contributed by atoms with Crippen molar-refractivity contribution in [1.29, 1.82) is 0 Å². The zero-order valence-corrected chi connectivity index (χ0v) is 19.3. The first kappa shape index (κ1) is 21.8. The summed E-state index contributed by atoms with van der Waals surface area (Å²) >= 11 is 12.8. The number of ether oxygens (including phenoxy) is 1. The molecule has 9 heteroatoms. The Morgan fingerprint density at radius 1 is 1.21 bits per heavy atom. The van der Waals surface area contributed by atoms with Crippen molar-refractivity contribution in [2.75, 3.05) is 23.4 Å². The van der Waals surface area contributed by atoms with Crippen LogP contribution in [0.1, 0.15) is 12.0 Å². The second-order valence-electron chi connectivity index (χ2n) is 6.57. The number of carbonyl (C=O) groups is 3. The first-order valence-electron chi connectivity index (χ1n) is 8.73. The third kappa shape index (κ3) is 5.18. The number of rotatable bonds is 5. The van der Waals surface area contributed by atoms with Gasteiger partial charge in [0, 0.05) is 33.3 Å². The van der Waals surface area contributed by atoms with Crippen molar-refractivity contribution < 1.29 is 19.1 Å². The molecule has 0 aromatic heterocycles. The monoisotopic (exact) mass is 542 g/mol. The maximum absolute atomic E-state index is 12.3. The molecule has 2 aromatic carbocycles. The van der Waals surface area contributed by atoms with E-state index in [1.54, 1.807) is 36.1 Å². The molecule has 1 atom stereocenters. The molecule has 0 radical (unpaired) electrons. The Kier molecular flexibility index (Phi) is 6.97. The van der Waals surface area contributed by atoms with Gasteiger partial charge in [0.2, 0.25) is 5.91 Å². The van der Waals surface area contributed by atoms with Crippen molar-refractivity contribution in [3.63, 3.8) is 0 Å². The van der Waals surface area contributed by atoms with E-state index in [2.05, 4.69) is 37.2 Å². The molecule has 152 valence electrons. The highest BCUT2D eigenvalue weighted by atomic mass is 79.9. The molecule has 29 heavy (non-hydrogen) atoms. The number of amides is 2. The Morgan fingerprint density at radius 2 is 1.90 bits per heavy atom. The van der Waals surface area contributed by atoms with Gasteiger partial charge in [-0.2, -0.15) is 0 Å². The topological polar surface area (TPSA) is 75.7 Å². The van der Waals surface area contributed by atoms with Crippen molar-refractivity contribution in [3.8, 4) is 0 Å². The molecule has 1 fully saturated rings. The van der Waals surface area contributed by atoms with Crippen molar-refractivity contribution in [2.24, 2.45) is 5.92 Å². The fourth-order valence-corrected chi connectivity index (χ4v) is 3.82. The Labute approximate surface area is 189 Å². The molecule has 0 bridgehead atoms. The largest absolute Gasteiger partial charge is 0.455 e. The van der Waals surface area contributed by atoms with Gasteiger partial charge in [-0.3, -0.25) is 14.4 Å². The van der Waals surface area contributed by atoms with Crippen LogP contribution in [0, 0.1) is 12.8 Å². The highest BCUT2D eigenvalue weighted by molar-refractivity contribution is 9.10. The van der Waals surface area contributed by atoms with Crippen molar-refractivity contribution in [3.05, 3.63) is 55.9 Å². The Balaban J connectivity index is 1.54. The zero-order valence-electron chi connectivity index (χ0n) is 15.4. The van der Waals surface area contributed by atoms with Crippen LogP contribution >= 0.6 is 43.5 Å². The average molecular weight is 545 g/mol. The van der Waals surface area contributed by atoms with E-state index in [0.29, 0.717) is 22.0 Å². The number of hydrogen-bond donors (Lipinski definition) is 1. The third-order valence-electron chi connectivity index (χ3n) is 4.56. The third-order valence-corrected chi connectivity index (χ3v) is 6.46. The zero-order chi connectivity index (χ0) is 21.1. The summed E-state index contributed by atoms with van der Waals surface area (Å²) in [6, 6.07) is 10.7. The quantitative estimate of drug-likeness (QED) is 0.554. The average Bonchev–Trinajstić information content (AvgIpc) is 3.09. The summed E-state index contributed by atoms with van der Waals surface area (Å²) in [7, 11) is 0. The van der Waals surface area contributed by atoms with E-state index in [-0.39, 0.29) is 18.9 Å². The predicted octanol–water partition coefficient (Wildman–Crippen LogP) is 4.71. The Morgan fingerprint density at radius 3 is 2.59 bits per heavy atom. The number of anilines is 2. The Hall–Kier alpha value is -1.90. The smallest absolute Gasteiger partial charge is 0.311 e. The van der Waals surface area contributed by atoms with E-state index < -0.39 is 24.4 Å². The van der Waals surface area contributed by atoms with Crippen molar-refractivity contribution >= 4 is 72.6 Å². The fraction of sp³-hybridized carbons (Fsp3) is 0.250. The first-order chi connectivity index (χ1) is 13.8. The molecule has 0 spiro atoms. The van der Waals surface area contributed by atoms with E-state index in [4.69, 9.17) is 16.3 Å². The van der Waals surface area contributed by atoms with Crippen LogP contribution in [0.2, 0.25) is 5.02 Å². The van der Waals surface area contributed by atoms with Gasteiger partial charge in [0.05, 0.1) is 10.9 Å². The number of esters is 1. The van der Waals surface area contributed by atoms with Gasteiger partial charge in [-0.05, 0) is 64.8 Å². The van der Waals surface area contributed by atoms with Crippen LogP contribution in [0.5, 0.6) is 0 Å². The van der Waals surface area contributed by atoms with Crippen LogP contribution in [0.3, 0.4) is 0 Å². The van der Waals surface area contributed by atoms with Gasteiger partial charge >= 0.3 is 5.97 Å². The normalized spacial score (nSPS) is 16.1. The van der Waals surface area contributed by atoms with Crippen LogP contribution in [-0.2, 0) is 19.1 Å². The number of carbonyl (C=O) groups excluding carboxylic acids is 3. The van der Waals surface area contributed by atoms with Crippen molar-refractivity contribution in [2.45, 2.75) is 13.3 Å². The standard InChI is InChI=1S/C20H17Br2ClN2O4/c1-11-16(7-6-15(22)19(11)23)24-17(26)10-29-20(28)12-8-18(27)25(9-12)14-4-2-13(21)3-5-14/h2-7,12H,8-10H2,1H3,(H,24,26)/t12-/m1/s1. The highest BCUT2D eigenvalue weighted by Crippen LogP contribution is 2.31. The summed E-state index contributed by atoms with van der Waals surface area (Å²) in [5, 5.41) is 3.17. The summed E-state index contributed by atoms with van der Waals surface area (Å²) in [5.41, 5.74) is 1.96. The Bertz CT molecular complexity index is 966. The van der Waals surface area contributed by atoms with Crippen molar-refractivity contribution in [1.82, 2.24) is 0 Å². The number of nitrogens with one attached hydrogen (secondary N) is 1. The maximum Gasteiger partial charge on any atom is 0.311 e. The van der Waals surface area contributed by atoms with Crippen LogP contribution in [-0.4, -0.2) is 30.9 Å². The van der Waals surface area contributed by atoms with Gasteiger partial charge in [-0.15, -0.1) is 0 Å². The predicted molar refractivity (Wildman–Crippen MR) is 118 cm³/mol. The fourth-order valence-electron chi connectivity index (χ4n) is 2.96. The highest BCUT2D eigenvalue weighted by Gasteiger charge is 2.36. The lowest BCUT2D eigenvalue weighted by atomic mass is 10.1. The minimum absolute atomic E-state index is 0.0535. The lowest BCUT2D eigenvalue weighted by Gasteiger charge is -2.16. The van der Waals surface area contributed by atoms with Crippen LogP contribution < -0.4 is 10.2 Å². The molecule has 1 N–H and O–H groups in total. The molecule has 2 amide bonds. The number of hydrogen-bond acceptors (Lipinski definition) is 4. The lowest BCUT2D eigenvalue weighted by Crippen LogP contribution is -2.28. The molecular formula is C20H17Br2ClN2O4. The summed E-state index contributed by atoms with van der Waals surface area (Å²) in [6.45, 7) is 1.56. The molecule has 1 heterocycles.